The van der Waals surface area contributed by atoms with Gasteiger partial charge in [0.25, 0.3) is 5.91 Å². The molecule has 0 aliphatic heterocycles. The zero-order chi connectivity index (χ0) is 15.7. The molecule has 0 bridgehead atoms. The van der Waals surface area contributed by atoms with E-state index in [1.54, 1.807) is 11.0 Å². The number of aromatic nitrogens is 1. The molecule has 0 aromatic carbocycles. The van der Waals surface area contributed by atoms with Crippen molar-refractivity contribution in [3.05, 3.63) is 23.4 Å². The van der Waals surface area contributed by atoms with Crippen LogP contribution in [0.5, 0.6) is 0 Å². The number of hydrogen-bond donors (Lipinski definition) is 2. The van der Waals surface area contributed by atoms with Crippen molar-refractivity contribution in [1.82, 2.24) is 9.88 Å². The van der Waals surface area contributed by atoms with Crippen molar-refractivity contribution in [2.45, 2.75) is 40.0 Å². The molecule has 0 radical (unpaired) electrons. The standard InChI is InChI=1S/C16H27N3O2/c1-4-7-14-11-13(12-15(18-14)17-8-5-2)16(21)19(6-3)9-10-20/h11-12,20H,4-10H2,1-3H3,(H,17,18). The molecule has 5 nitrogen and oxygen atoms in total. The molecule has 0 spiro atoms. The quantitative estimate of drug-likeness (QED) is 0.733. The number of nitrogens with zero attached hydrogens (tertiary/aromatic N) is 2. The van der Waals surface area contributed by atoms with Gasteiger partial charge in [0, 0.05) is 30.9 Å². The number of nitrogens with one attached hydrogen (secondary N) is 1. The maximum absolute atomic E-state index is 12.5. The minimum atomic E-state index is -0.0501. The van der Waals surface area contributed by atoms with Gasteiger partial charge in [-0.15, -0.1) is 0 Å². The molecule has 0 saturated heterocycles. The normalized spacial score (nSPS) is 10.5. The molecule has 1 aromatic rings. The van der Waals surface area contributed by atoms with Crippen LogP contribution in [0.3, 0.4) is 0 Å². The van der Waals surface area contributed by atoms with Gasteiger partial charge in [-0.1, -0.05) is 20.3 Å². The molecule has 0 atom stereocenters. The smallest absolute Gasteiger partial charge is 0.254 e. The summed E-state index contributed by atoms with van der Waals surface area (Å²) >= 11 is 0. The molecule has 0 unspecified atom stereocenters. The van der Waals surface area contributed by atoms with Crippen LogP contribution in [0, 0.1) is 0 Å². The molecular weight excluding hydrogens is 266 g/mol. The Bertz CT molecular complexity index is 449. The van der Waals surface area contributed by atoms with E-state index in [9.17, 15) is 4.79 Å². The zero-order valence-corrected chi connectivity index (χ0v) is 13.4. The molecule has 21 heavy (non-hydrogen) atoms. The van der Waals surface area contributed by atoms with Crippen LogP contribution >= 0.6 is 0 Å². The summed E-state index contributed by atoms with van der Waals surface area (Å²) < 4.78 is 0. The maximum atomic E-state index is 12.5. The summed E-state index contributed by atoms with van der Waals surface area (Å²) in [4.78, 5) is 18.7. The molecule has 2 N–H and O–H groups in total. The Hall–Kier alpha value is -1.62. The number of amides is 1. The summed E-state index contributed by atoms with van der Waals surface area (Å²) in [6, 6.07) is 3.67. The Morgan fingerprint density at radius 2 is 2.05 bits per heavy atom. The van der Waals surface area contributed by atoms with E-state index in [1.807, 2.05) is 13.0 Å². The lowest BCUT2D eigenvalue weighted by Gasteiger charge is -2.20. The fourth-order valence-electron chi connectivity index (χ4n) is 2.15. The molecule has 118 valence electrons. The first-order valence-electron chi connectivity index (χ1n) is 7.81. The number of hydrogen-bond acceptors (Lipinski definition) is 4. The highest BCUT2D eigenvalue weighted by Crippen LogP contribution is 2.14. The van der Waals surface area contributed by atoms with E-state index >= 15 is 0 Å². The fraction of sp³-hybridized carbons (Fsp3) is 0.625. The van der Waals surface area contributed by atoms with Gasteiger partial charge < -0.3 is 15.3 Å². The van der Waals surface area contributed by atoms with E-state index < -0.39 is 0 Å². The van der Waals surface area contributed by atoms with Crippen molar-refractivity contribution in [2.24, 2.45) is 0 Å². The van der Waals surface area contributed by atoms with Gasteiger partial charge in [0.05, 0.1) is 6.61 Å². The predicted molar refractivity (Wildman–Crippen MR) is 85.7 cm³/mol. The second-order valence-electron chi connectivity index (χ2n) is 5.02. The minimum absolute atomic E-state index is 0.0204. The van der Waals surface area contributed by atoms with Crippen molar-refractivity contribution >= 4 is 11.7 Å². The number of aryl methyl sites for hydroxylation is 1. The number of rotatable bonds is 9. The number of anilines is 1. The number of carbonyl (C=O) groups excluding carboxylic acids is 1. The first-order chi connectivity index (χ1) is 10.2. The van der Waals surface area contributed by atoms with Crippen LogP contribution < -0.4 is 5.32 Å². The lowest BCUT2D eigenvalue weighted by Crippen LogP contribution is -2.33. The van der Waals surface area contributed by atoms with Crippen LogP contribution in [-0.4, -0.2) is 47.1 Å². The van der Waals surface area contributed by atoms with Gasteiger partial charge in [0.15, 0.2) is 0 Å². The van der Waals surface area contributed by atoms with E-state index in [1.165, 1.54) is 0 Å². The minimum Gasteiger partial charge on any atom is -0.395 e. The van der Waals surface area contributed by atoms with Crippen LogP contribution in [-0.2, 0) is 6.42 Å². The van der Waals surface area contributed by atoms with Crippen LogP contribution in [0.4, 0.5) is 5.82 Å². The molecule has 0 saturated carbocycles. The van der Waals surface area contributed by atoms with Crippen LogP contribution in [0.1, 0.15) is 49.7 Å². The number of aliphatic hydroxyl groups is 1. The highest BCUT2D eigenvalue weighted by Gasteiger charge is 2.15. The van der Waals surface area contributed by atoms with Gasteiger partial charge in [0.2, 0.25) is 0 Å². The van der Waals surface area contributed by atoms with Crippen molar-refractivity contribution in [3.63, 3.8) is 0 Å². The summed E-state index contributed by atoms with van der Waals surface area (Å²) in [7, 11) is 0. The van der Waals surface area contributed by atoms with Gasteiger partial charge in [-0.2, -0.15) is 0 Å². The number of aliphatic hydroxyl groups excluding tert-OH is 1. The van der Waals surface area contributed by atoms with E-state index in [0.717, 1.165) is 37.3 Å². The third kappa shape index (κ3) is 5.34. The lowest BCUT2D eigenvalue weighted by atomic mass is 10.1. The first-order valence-corrected chi connectivity index (χ1v) is 7.81. The molecule has 0 aliphatic rings. The van der Waals surface area contributed by atoms with Gasteiger partial charge in [-0.05, 0) is 31.9 Å². The highest BCUT2D eigenvalue weighted by atomic mass is 16.3. The Labute approximate surface area is 127 Å². The Kier molecular flexibility index (Phi) is 7.75. The molecule has 0 fully saturated rings. The Morgan fingerprint density at radius 3 is 2.62 bits per heavy atom. The van der Waals surface area contributed by atoms with E-state index in [-0.39, 0.29) is 12.5 Å². The Morgan fingerprint density at radius 1 is 1.29 bits per heavy atom. The number of pyridine rings is 1. The fourth-order valence-corrected chi connectivity index (χ4v) is 2.15. The second-order valence-corrected chi connectivity index (χ2v) is 5.02. The third-order valence-electron chi connectivity index (χ3n) is 3.23. The third-order valence-corrected chi connectivity index (χ3v) is 3.23. The predicted octanol–water partition coefficient (Wildman–Crippen LogP) is 2.31. The average molecular weight is 293 g/mol. The summed E-state index contributed by atoms with van der Waals surface area (Å²) in [5.74, 6) is 0.706. The average Bonchev–Trinajstić information content (AvgIpc) is 2.50. The molecule has 1 rings (SSSR count). The first kappa shape index (κ1) is 17.4. The van der Waals surface area contributed by atoms with Crippen LogP contribution in [0.15, 0.2) is 12.1 Å². The van der Waals surface area contributed by atoms with E-state index in [0.29, 0.717) is 18.7 Å². The molecule has 1 amide bonds. The summed E-state index contributed by atoms with van der Waals surface area (Å²) in [5.41, 5.74) is 1.57. The molecule has 1 aromatic heterocycles. The van der Waals surface area contributed by atoms with Gasteiger partial charge in [-0.25, -0.2) is 4.98 Å². The van der Waals surface area contributed by atoms with Crippen LogP contribution in [0.2, 0.25) is 0 Å². The Balaban J connectivity index is 3.02. The zero-order valence-electron chi connectivity index (χ0n) is 13.4. The molecule has 0 aliphatic carbocycles. The summed E-state index contributed by atoms with van der Waals surface area (Å²) in [6.07, 6.45) is 2.86. The van der Waals surface area contributed by atoms with Crippen molar-refractivity contribution in [1.29, 1.82) is 0 Å². The highest BCUT2D eigenvalue weighted by molar-refractivity contribution is 5.95. The lowest BCUT2D eigenvalue weighted by molar-refractivity contribution is 0.0732. The SMILES string of the molecule is CCCNc1cc(C(=O)N(CC)CCO)cc(CCC)n1. The maximum Gasteiger partial charge on any atom is 0.254 e. The van der Waals surface area contributed by atoms with Crippen molar-refractivity contribution in [3.8, 4) is 0 Å². The summed E-state index contributed by atoms with van der Waals surface area (Å²) in [5, 5.41) is 12.3. The molecule has 5 heteroatoms. The monoisotopic (exact) mass is 293 g/mol. The van der Waals surface area contributed by atoms with Gasteiger partial charge in [0.1, 0.15) is 5.82 Å². The van der Waals surface area contributed by atoms with Crippen molar-refractivity contribution < 1.29 is 9.90 Å². The van der Waals surface area contributed by atoms with E-state index in [4.69, 9.17) is 5.11 Å². The number of carbonyl (C=O) groups is 1. The molecular formula is C16H27N3O2. The number of likely N-dealkylation sites (N-methyl/N-ethyl adjacent to an activating group) is 1. The second kappa shape index (κ2) is 9.34. The topological polar surface area (TPSA) is 65.5 Å². The van der Waals surface area contributed by atoms with Crippen molar-refractivity contribution in [2.75, 3.05) is 31.6 Å². The van der Waals surface area contributed by atoms with E-state index in [2.05, 4.69) is 24.1 Å². The molecule has 1 heterocycles. The van der Waals surface area contributed by atoms with Gasteiger partial charge in [-0.3, -0.25) is 4.79 Å². The van der Waals surface area contributed by atoms with Gasteiger partial charge >= 0.3 is 0 Å². The summed E-state index contributed by atoms with van der Waals surface area (Å²) in [6.45, 7) is 7.87. The van der Waals surface area contributed by atoms with Crippen LogP contribution in [0.25, 0.3) is 0 Å². The largest absolute Gasteiger partial charge is 0.395 e.